The number of carbonyl (C=O) groups excluding carboxylic acids is 1. The van der Waals surface area contributed by atoms with Crippen LogP contribution < -0.4 is 11.1 Å². The van der Waals surface area contributed by atoms with Crippen molar-refractivity contribution in [3.63, 3.8) is 0 Å². The van der Waals surface area contributed by atoms with E-state index < -0.39 is 0 Å². The first-order chi connectivity index (χ1) is 10.2. The fourth-order valence-electron chi connectivity index (χ4n) is 2.09. The lowest BCUT2D eigenvalue weighted by molar-refractivity contribution is 0.0937. The van der Waals surface area contributed by atoms with Crippen LogP contribution in [-0.4, -0.2) is 23.5 Å². The van der Waals surface area contributed by atoms with Crippen LogP contribution in [0.15, 0.2) is 18.5 Å². The average molecular weight is 287 g/mol. The van der Waals surface area contributed by atoms with Gasteiger partial charge < -0.3 is 11.1 Å². The predicted octanol–water partition coefficient (Wildman–Crippen LogP) is 2.48. The van der Waals surface area contributed by atoms with Crippen molar-refractivity contribution >= 4 is 5.91 Å². The minimum absolute atomic E-state index is 0.0956. The highest BCUT2D eigenvalue weighted by Gasteiger charge is 2.12. The fraction of sp³-hybridized carbons (Fsp3) is 0.529. The number of hydrogen-bond donors (Lipinski definition) is 2. The van der Waals surface area contributed by atoms with Gasteiger partial charge in [0.15, 0.2) is 0 Å². The molecule has 0 saturated carbocycles. The maximum Gasteiger partial charge on any atom is 0.252 e. The summed E-state index contributed by atoms with van der Waals surface area (Å²) in [5.74, 6) is 5.55. The maximum atomic E-state index is 12.3. The summed E-state index contributed by atoms with van der Waals surface area (Å²) in [6.07, 6.45) is 9.05. The molecule has 1 aromatic heterocycles. The van der Waals surface area contributed by atoms with Crippen molar-refractivity contribution in [3.05, 3.63) is 29.6 Å². The van der Waals surface area contributed by atoms with Gasteiger partial charge in [0.25, 0.3) is 5.91 Å². The van der Waals surface area contributed by atoms with Gasteiger partial charge in [-0.2, -0.15) is 0 Å². The van der Waals surface area contributed by atoms with E-state index in [0.29, 0.717) is 11.1 Å². The van der Waals surface area contributed by atoms with E-state index in [4.69, 9.17) is 5.73 Å². The van der Waals surface area contributed by atoms with Crippen LogP contribution in [0.1, 0.15) is 61.9 Å². The summed E-state index contributed by atoms with van der Waals surface area (Å²) >= 11 is 0. The number of nitrogens with two attached hydrogens (primary N) is 1. The zero-order chi connectivity index (χ0) is 15.5. The van der Waals surface area contributed by atoms with Gasteiger partial charge in [-0.3, -0.25) is 9.78 Å². The van der Waals surface area contributed by atoms with Gasteiger partial charge in [-0.25, -0.2) is 0 Å². The van der Waals surface area contributed by atoms with Crippen molar-refractivity contribution in [1.82, 2.24) is 10.3 Å². The van der Waals surface area contributed by atoms with Crippen molar-refractivity contribution in [2.24, 2.45) is 5.73 Å². The van der Waals surface area contributed by atoms with E-state index in [2.05, 4.69) is 29.1 Å². The molecule has 21 heavy (non-hydrogen) atoms. The first kappa shape index (κ1) is 17.2. The van der Waals surface area contributed by atoms with Gasteiger partial charge in [-0.05, 0) is 19.4 Å². The smallest absolute Gasteiger partial charge is 0.252 e. The summed E-state index contributed by atoms with van der Waals surface area (Å²) in [4.78, 5) is 16.3. The van der Waals surface area contributed by atoms with Crippen molar-refractivity contribution in [2.75, 3.05) is 6.54 Å². The van der Waals surface area contributed by atoms with Gasteiger partial charge in [0, 0.05) is 18.4 Å². The van der Waals surface area contributed by atoms with Crippen LogP contribution in [-0.2, 0) is 0 Å². The molecule has 1 aromatic rings. The molecule has 4 heteroatoms. The Balaban J connectivity index is 2.59. The molecule has 0 aliphatic rings. The molecule has 0 saturated heterocycles. The number of unbranched alkanes of at least 4 members (excludes halogenated alkanes) is 3. The molecule has 4 nitrogen and oxygen atoms in total. The lowest BCUT2D eigenvalue weighted by Gasteiger charge is -2.14. The van der Waals surface area contributed by atoms with Gasteiger partial charge >= 0.3 is 0 Å². The molecule has 3 N–H and O–H groups in total. The summed E-state index contributed by atoms with van der Waals surface area (Å²) in [5, 5.41) is 3.02. The zero-order valence-electron chi connectivity index (χ0n) is 13.0. The number of carbonyl (C=O) groups is 1. The average Bonchev–Trinajstić information content (AvgIpc) is 2.49. The van der Waals surface area contributed by atoms with Crippen LogP contribution in [0.25, 0.3) is 0 Å². The van der Waals surface area contributed by atoms with E-state index in [9.17, 15) is 4.79 Å². The molecule has 1 heterocycles. The summed E-state index contributed by atoms with van der Waals surface area (Å²) in [6, 6.07) is 1.86. The van der Waals surface area contributed by atoms with Crippen LogP contribution in [0.5, 0.6) is 0 Å². The molecule has 1 unspecified atom stereocenters. The van der Waals surface area contributed by atoms with E-state index in [1.165, 1.54) is 19.3 Å². The Morgan fingerprint density at radius 3 is 2.95 bits per heavy atom. The van der Waals surface area contributed by atoms with E-state index in [-0.39, 0.29) is 18.5 Å². The van der Waals surface area contributed by atoms with Crippen molar-refractivity contribution in [2.45, 2.75) is 52.0 Å². The SMILES string of the molecule is CCCCCCC(C)NC(=O)c1ccncc1C#CCN. The number of pyridine rings is 1. The van der Waals surface area contributed by atoms with E-state index in [1.54, 1.807) is 18.5 Å². The molecule has 1 atom stereocenters. The predicted molar refractivity (Wildman–Crippen MR) is 85.9 cm³/mol. The Hall–Kier alpha value is -1.86. The van der Waals surface area contributed by atoms with Crippen molar-refractivity contribution < 1.29 is 4.79 Å². The molecule has 1 amide bonds. The van der Waals surface area contributed by atoms with Gasteiger partial charge in [0.1, 0.15) is 0 Å². The van der Waals surface area contributed by atoms with E-state index in [0.717, 1.165) is 12.8 Å². The lowest BCUT2D eigenvalue weighted by atomic mass is 10.1. The normalized spacial score (nSPS) is 11.4. The molecule has 0 aliphatic carbocycles. The quantitative estimate of drug-likeness (QED) is 0.598. The van der Waals surface area contributed by atoms with Crippen molar-refractivity contribution in [1.29, 1.82) is 0 Å². The largest absolute Gasteiger partial charge is 0.350 e. The monoisotopic (exact) mass is 287 g/mol. The number of hydrogen-bond acceptors (Lipinski definition) is 3. The van der Waals surface area contributed by atoms with Crippen LogP contribution in [0, 0.1) is 11.8 Å². The molecule has 1 rings (SSSR count). The number of amides is 1. The highest BCUT2D eigenvalue weighted by Crippen LogP contribution is 2.08. The molecular weight excluding hydrogens is 262 g/mol. The molecule has 0 spiro atoms. The standard InChI is InChI=1S/C17H25N3O/c1-3-4-5-6-8-14(2)20-17(21)16-10-12-19-13-15(16)9-7-11-18/h10,12-14H,3-6,8,11,18H2,1-2H3,(H,20,21). The molecule has 0 aliphatic heterocycles. The number of nitrogens with one attached hydrogen (secondary N) is 1. The second-order valence-corrected chi connectivity index (χ2v) is 5.15. The third-order valence-electron chi connectivity index (χ3n) is 3.26. The summed E-state index contributed by atoms with van der Waals surface area (Å²) in [7, 11) is 0. The van der Waals surface area contributed by atoms with Gasteiger partial charge in [0.05, 0.1) is 17.7 Å². The highest BCUT2D eigenvalue weighted by atomic mass is 16.1. The summed E-state index contributed by atoms with van der Waals surface area (Å²) < 4.78 is 0. The van der Waals surface area contributed by atoms with E-state index in [1.807, 2.05) is 6.92 Å². The number of rotatable bonds is 7. The minimum Gasteiger partial charge on any atom is -0.350 e. The first-order valence-electron chi connectivity index (χ1n) is 7.62. The lowest BCUT2D eigenvalue weighted by Crippen LogP contribution is -2.33. The molecule has 0 aromatic carbocycles. The zero-order valence-corrected chi connectivity index (χ0v) is 13.0. The van der Waals surface area contributed by atoms with Gasteiger partial charge in [-0.15, -0.1) is 0 Å². The summed E-state index contributed by atoms with van der Waals surface area (Å²) in [5.41, 5.74) is 6.55. The molecule has 0 fully saturated rings. The van der Waals surface area contributed by atoms with Crippen LogP contribution >= 0.6 is 0 Å². The van der Waals surface area contributed by atoms with Crippen LogP contribution in [0.2, 0.25) is 0 Å². The Morgan fingerprint density at radius 1 is 1.43 bits per heavy atom. The first-order valence-corrected chi connectivity index (χ1v) is 7.62. The molecular formula is C17H25N3O. The second-order valence-electron chi connectivity index (χ2n) is 5.15. The third kappa shape index (κ3) is 6.42. The minimum atomic E-state index is -0.0956. The van der Waals surface area contributed by atoms with E-state index >= 15 is 0 Å². The summed E-state index contributed by atoms with van der Waals surface area (Å²) in [6.45, 7) is 4.50. The highest BCUT2D eigenvalue weighted by molar-refractivity contribution is 5.96. The van der Waals surface area contributed by atoms with Gasteiger partial charge in [-0.1, -0.05) is 44.4 Å². The Kier molecular flexibility index (Phi) is 8.15. The number of aromatic nitrogens is 1. The maximum absolute atomic E-state index is 12.3. The van der Waals surface area contributed by atoms with Crippen LogP contribution in [0.3, 0.4) is 0 Å². The van der Waals surface area contributed by atoms with Crippen molar-refractivity contribution in [3.8, 4) is 11.8 Å². The Labute approximate surface area is 127 Å². The van der Waals surface area contributed by atoms with Crippen LogP contribution in [0.4, 0.5) is 0 Å². The Bertz CT molecular complexity index is 502. The molecule has 114 valence electrons. The third-order valence-corrected chi connectivity index (χ3v) is 3.26. The van der Waals surface area contributed by atoms with Gasteiger partial charge in [0.2, 0.25) is 0 Å². The number of nitrogens with zero attached hydrogens (tertiary/aromatic N) is 1. The fourth-order valence-corrected chi connectivity index (χ4v) is 2.09. The second kappa shape index (κ2) is 9.95. The topological polar surface area (TPSA) is 68.0 Å². The Morgan fingerprint density at radius 2 is 2.24 bits per heavy atom. The molecule has 0 bridgehead atoms. The molecule has 0 radical (unpaired) electrons.